The number of sulfonamides is 1. The van der Waals surface area contributed by atoms with E-state index < -0.39 is 15.9 Å². The van der Waals surface area contributed by atoms with E-state index in [4.69, 9.17) is 4.74 Å². The molecule has 0 spiro atoms. The highest BCUT2D eigenvalue weighted by Gasteiger charge is 2.14. The van der Waals surface area contributed by atoms with Crippen molar-refractivity contribution in [3.05, 3.63) is 65.7 Å². The zero-order valence-corrected chi connectivity index (χ0v) is 16.0. The Balaban J connectivity index is 1.80. The first kappa shape index (κ1) is 19.9. The van der Waals surface area contributed by atoms with Gasteiger partial charge in [-0.05, 0) is 28.7 Å². The molecule has 2 aromatic rings. The van der Waals surface area contributed by atoms with Gasteiger partial charge in [0.2, 0.25) is 10.0 Å². The van der Waals surface area contributed by atoms with Crippen molar-refractivity contribution < 1.29 is 17.9 Å². The third-order valence-corrected chi connectivity index (χ3v) is 4.76. The largest absolute Gasteiger partial charge is 0.484 e. The Morgan fingerprint density at radius 2 is 1.62 bits per heavy atom. The standard InChI is InChI=1S/C19H24N2O4S/c1-19(2,3)16-9-11-17(12-10-16)25-13-18(22)20-21-26(23,24)14-15-7-5-4-6-8-15/h4-12,21H,13-14H2,1-3H3,(H,20,22). The van der Waals surface area contributed by atoms with Crippen molar-refractivity contribution in [1.82, 2.24) is 10.3 Å². The van der Waals surface area contributed by atoms with Crippen LogP contribution in [0.3, 0.4) is 0 Å². The van der Waals surface area contributed by atoms with Gasteiger partial charge in [0.25, 0.3) is 5.91 Å². The minimum atomic E-state index is -3.67. The van der Waals surface area contributed by atoms with Gasteiger partial charge in [0.15, 0.2) is 6.61 Å². The van der Waals surface area contributed by atoms with Crippen LogP contribution in [0.2, 0.25) is 0 Å². The van der Waals surface area contributed by atoms with E-state index in [1.54, 1.807) is 42.5 Å². The number of hydrazine groups is 1. The molecule has 0 radical (unpaired) electrons. The lowest BCUT2D eigenvalue weighted by Crippen LogP contribution is -2.44. The van der Waals surface area contributed by atoms with Crippen LogP contribution in [0.25, 0.3) is 0 Å². The van der Waals surface area contributed by atoms with E-state index in [1.165, 1.54) is 0 Å². The molecule has 0 aliphatic rings. The molecule has 0 unspecified atom stereocenters. The molecule has 0 fully saturated rings. The first-order valence-electron chi connectivity index (χ1n) is 8.21. The van der Waals surface area contributed by atoms with Crippen molar-refractivity contribution in [3.63, 3.8) is 0 Å². The van der Waals surface area contributed by atoms with Crippen LogP contribution in [0.5, 0.6) is 5.75 Å². The normalized spacial score (nSPS) is 11.8. The molecule has 0 aliphatic carbocycles. The average molecular weight is 376 g/mol. The van der Waals surface area contributed by atoms with Gasteiger partial charge >= 0.3 is 0 Å². The van der Waals surface area contributed by atoms with Crippen LogP contribution in [-0.2, 0) is 26.0 Å². The number of hydrogen-bond donors (Lipinski definition) is 2. The number of nitrogens with one attached hydrogen (secondary N) is 2. The molecule has 0 aliphatic heterocycles. The molecule has 0 bridgehead atoms. The minimum Gasteiger partial charge on any atom is -0.484 e. The Kier molecular flexibility index (Phi) is 6.39. The van der Waals surface area contributed by atoms with Crippen molar-refractivity contribution in [3.8, 4) is 5.75 Å². The highest BCUT2D eigenvalue weighted by atomic mass is 32.2. The van der Waals surface area contributed by atoms with E-state index in [0.29, 0.717) is 11.3 Å². The molecular formula is C19H24N2O4S. The lowest BCUT2D eigenvalue weighted by atomic mass is 9.87. The molecule has 2 N–H and O–H groups in total. The minimum absolute atomic E-state index is 0.0347. The fourth-order valence-electron chi connectivity index (χ4n) is 2.20. The second kappa shape index (κ2) is 8.33. The number of carbonyl (C=O) groups is 1. The Labute approximate surface area is 154 Å². The summed E-state index contributed by atoms with van der Waals surface area (Å²) < 4.78 is 29.3. The maximum atomic E-state index is 11.9. The van der Waals surface area contributed by atoms with Gasteiger partial charge in [-0.2, -0.15) is 0 Å². The molecular weight excluding hydrogens is 352 g/mol. The predicted molar refractivity (Wildman–Crippen MR) is 101 cm³/mol. The zero-order valence-electron chi connectivity index (χ0n) is 15.2. The summed E-state index contributed by atoms with van der Waals surface area (Å²) in [6.45, 7) is 6.04. The second-order valence-corrected chi connectivity index (χ2v) is 8.68. The summed E-state index contributed by atoms with van der Waals surface area (Å²) in [5.41, 5.74) is 3.97. The molecule has 0 atom stereocenters. The molecule has 1 amide bonds. The summed E-state index contributed by atoms with van der Waals surface area (Å²) in [6, 6.07) is 16.2. The lowest BCUT2D eigenvalue weighted by molar-refractivity contribution is -0.123. The molecule has 0 saturated heterocycles. The molecule has 6 nitrogen and oxygen atoms in total. The third kappa shape index (κ3) is 6.50. The number of amides is 1. The van der Waals surface area contributed by atoms with Crippen molar-refractivity contribution in [1.29, 1.82) is 0 Å². The van der Waals surface area contributed by atoms with Crippen LogP contribution in [0.4, 0.5) is 0 Å². The Hall–Kier alpha value is -2.38. The van der Waals surface area contributed by atoms with Gasteiger partial charge in [-0.25, -0.2) is 8.42 Å². The van der Waals surface area contributed by atoms with Crippen molar-refractivity contribution in [2.75, 3.05) is 6.61 Å². The van der Waals surface area contributed by atoms with Gasteiger partial charge in [-0.1, -0.05) is 63.2 Å². The Bertz CT molecular complexity index is 826. The molecule has 0 heterocycles. The van der Waals surface area contributed by atoms with Crippen LogP contribution < -0.4 is 15.0 Å². The molecule has 0 saturated carbocycles. The Morgan fingerprint density at radius 1 is 1.00 bits per heavy atom. The van der Waals surface area contributed by atoms with Gasteiger partial charge in [0.05, 0.1) is 5.75 Å². The number of ether oxygens (including phenoxy) is 1. The van der Waals surface area contributed by atoms with Crippen LogP contribution in [0, 0.1) is 0 Å². The summed E-state index contributed by atoms with van der Waals surface area (Å²) >= 11 is 0. The van der Waals surface area contributed by atoms with E-state index in [0.717, 1.165) is 5.56 Å². The molecule has 140 valence electrons. The molecule has 2 rings (SSSR count). The SMILES string of the molecule is CC(C)(C)c1ccc(OCC(=O)NNS(=O)(=O)Cc2ccccc2)cc1. The maximum Gasteiger partial charge on any atom is 0.272 e. The predicted octanol–water partition coefficient (Wildman–Crippen LogP) is 2.51. The van der Waals surface area contributed by atoms with Crippen molar-refractivity contribution in [2.24, 2.45) is 0 Å². The third-order valence-electron chi connectivity index (χ3n) is 3.64. The van der Waals surface area contributed by atoms with E-state index >= 15 is 0 Å². The fourth-order valence-corrected chi connectivity index (χ4v) is 3.17. The van der Waals surface area contributed by atoms with E-state index in [-0.39, 0.29) is 17.8 Å². The number of benzene rings is 2. The summed E-state index contributed by atoms with van der Waals surface area (Å²) in [5.74, 6) is -0.259. The average Bonchev–Trinajstić information content (AvgIpc) is 2.58. The van der Waals surface area contributed by atoms with Crippen molar-refractivity contribution >= 4 is 15.9 Å². The molecule has 26 heavy (non-hydrogen) atoms. The van der Waals surface area contributed by atoms with Crippen LogP contribution in [0.15, 0.2) is 54.6 Å². The lowest BCUT2D eigenvalue weighted by Gasteiger charge is -2.19. The number of carbonyl (C=O) groups excluding carboxylic acids is 1. The maximum absolute atomic E-state index is 11.9. The zero-order chi connectivity index (χ0) is 19.2. The number of rotatable bonds is 7. The summed E-state index contributed by atoms with van der Waals surface area (Å²) in [5, 5.41) is 0. The smallest absolute Gasteiger partial charge is 0.272 e. The Morgan fingerprint density at radius 3 is 2.19 bits per heavy atom. The number of hydrogen-bond acceptors (Lipinski definition) is 4. The summed E-state index contributed by atoms with van der Waals surface area (Å²) in [7, 11) is -3.67. The van der Waals surface area contributed by atoms with Gasteiger partial charge in [-0.3, -0.25) is 10.2 Å². The van der Waals surface area contributed by atoms with Crippen LogP contribution in [0.1, 0.15) is 31.9 Å². The van der Waals surface area contributed by atoms with Crippen LogP contribution in [-0.4, -0.2) is 20.9 Å². The first-order chi connectivity index (χ1) is 12.2. The van der Waals surface area contributed by atoms with Crippen LogP contribution >= 0.6 is 0 Å². The molecule has 0 aromatic heterocycles. The summed E-state index contributed by atoms with van der Waals surface area (Å²) in [6.07, 6.45) is 0. The highest BCUT2D eigenvalue weighted by Crippen LogP contribution is 2.24. The summed E-state index contributed by atoms with van der Waals surface area (Å²) in [4.78, 5) is 13.8. The van der Waals surface area contributed by atoms with E-state index in [9.17, 15) is 13.2 Å². The second-order valence-electron chi connectivity index (χ2n) is 6.96. The highest BCUT2D eigenvalue weighted by molar-refractivity contribution is 7.88. The monoisotopic (exact) mass is 376 g/mol. The van der Waals surface area contributed by atoms with E-state index in [1.807, 2.05) is 12.1 Å². The van der Waals surface area contributed by atoms with Gasteiger partial charge < -0.3 is 4.74 Å². The van der Waals surface area contributed by atoms with Gasteiger partial charge in [0.1, 0.15) is 5.75 Å². The van der Waals surface area contributed by atoms with E-state index in [2.05, 4.69) is 31.0 Å². The fraction of sp³-hybridized carbons (Fsp3) is 0.316. The topological polar surface area (TPSA) is 84.5 Å². The van der Waals surface area contributed by atoms with Crippen molar-refractivity contribution in [2.45, 2.75) is 31.9 Å². The first-order valence-corrected chi connectivity index (χ1v) is 9.86. The quantitative estimate of drug-likeness (QED) is 0.727. The van der Waals surface area contributed by atoms with Gasteiger partial charge in [0, 0.05) is 0 Å². The van der Waals surface area contributed by atoms with Gasteiger partial charge in [-0.15, -0.1) is 4.83 Å². The molecule has 7 heteroatoms. The molecule has 2 aromatic carbocycles.